The highest BCUT2D eigenvalue weighted by Gasteiger charge is 2.51. The number of carbonyl (C=O) groups excluding carboxylic acids is 2. The van der Waals surface area contributed by atoms with Crippen molar-refractivity contribution in [3.8, 4) is 0 Å². The molecule has 134 valence electrons. The van der Waals surface area contributed by atoms with E-state index in [-0.39, 0.29) is 23.9 Å². The number of halogens is 2. The lowest BCUT2D eigenvalue weighted by Crippen LogP contribution is -2.39. The molecule has 0 aromatic heterocycles. The summed E-state index contributed by atoms with van der Waals surface area (Å²) in [5, 5.41) is 11.8. The highest BCUT2D eigenvalue weighted by Crippen LogP contribution is 2.45. The molecule has 8 heteroatoms. The van der Waals surface area contributed by atoms with Crippen LogP contribution in [0.2, 0.25) is 5.02 Å². The lowest BCUT2D eigenvalue weighted by Gasteiger charge is -2.25. The zero-order valence-electron chi connectivity index (χ0n) is 13.6. The largest absolute Gasteiger partial charge is 0.481 e. The van der Waals surface area contributed by atoms with E-state index in [1.54, 1.807) is 13.1 Å². The molecule has 1 saturated carbocycles. The van der Waals surface area contributed by atoms with Crippen LogP contribution in [0.3, 0.4) is 0 Å². The van der Waals surface area contributed by atoms with Crippen LogP contribution >= 0.6 is 11.6 Å². The molecule has 1 aliphatic heterocycles. The molecule has 0 radical (unpaired) electrons. The Hall–Kier alpha value is -2.15. The third kappa shape index (κ3) is 3.20. The van der Waals surface area contributed by atoms with E-state index in [0.717, 1.165) is 0 Å². The van der Waals surface area contributed by atoms with Gasteiger partial charge in [0.25, 0.3) is 0 Å². The highest BCUT2D eigenvalue weighted by molar-refractivity contribution is 6.30. The Morgan fingerprint density at radius 3 is 2.68 bits per heavy atom. The average molecular weight is 369 g/mol. The minimum Gasteiger partial charge on any atom is -0.481 e. The van der Waals surface area contributed by atoms with Crippen LogP contribution in [0.25, 0.3) is 0 Å². The maximum absolute atomic E-state index is 13.8. The van der Waals surface area contributed by atoms with Gasteiger partial charge >= 0.3 is 5.97 Å². The standard InChI is InChI=1S/C17H18ClFN2O4/c1-21-13(22)7-10(14(21)9-2-3-11(18)12(19)6-9)15(23)20-8-17(4-5-17)16(24)25/h2-3,6,10,14H,4-5,7-8H2,1H3,(H,20,23)(H,24,25). The van der Waals surface area contributed by atoms with Gasteiger partial charge in [-0.25, -0.2) is 4.39 Å². The number of carboxylic acids is 1. The molecule has 1 aliphatic carbocycles. The molecule has 2 amide bonds. The van der Waals surface area contributed by atoms with Gasteiger partial charge in [-0.15, -0.1) is 0 Å². The Morgan fingerprint density at radius 2 is 2.12 bits per heavy atom. The maximum atomic E-state index is 13.8. The first kappa shape index (κ1) is 17.7. The van der Waals surface area contributed by atoms with Crippen LogP contribution in [0, 0.1) is 17.2 Å². The van der Waals surface area contributed by atoms with Crippen LogP contribution in [0.5, 0.6) is 0 Å². The number of nitrogens with one attached hydrogen (secondary N) is 1. The van der Waals surface area contributed by atoms with Crippen molar-refractivity contribution < 1.29 is 23.9 Å². The molecule has 1 aromatic carbocycles. The highest BCUT2D eigenvalue weighted by atomic mass is 35.5. The van der Waals surface area contributed by atoms with Crippen LogP contribution in [0.1, 0.15) is 30.9 Å². The van der Waals surface area contributed by atoms with Crippen LogP contribution in [0.4, 0.5) is 4.39 Å². The number of carbonyl (C=O) groups is 3. The van der Waals surface area contributed by atoms with E-state index in [2.05, 4.69) is 5.32 Å². The molecule has 1 aromatic rings. The SMILES string of the molecule is CN1C(=O)CC(C(=O)NCC2(C(=O)O)CC2)C1c1ccc(Cl)c(F)c1. The summed E-state index contributed by atoms with van der Waals surface area (Å²) in [7, 11) is 1.56. The van der Waals surface area contributed by atoms with Gasteiger partial charge in [-0.3, -0.25) is 14.4 Å². The zero-order chi connectivity index (χ0) is 18.4. The third-order valence-corrected chi connectivity index (χ3v) is 5.42. The summed E-state index contributed by atoms with van der Waals surface area (Å²) in [6.07, 6.45) is 1.05. The van der Waals surface area contributed by atoms with Gasteiger partial charge in [0.05, 0.1) is 22.4 Å². The maximum Gasteiger partial charge on any atom is 0.311 e. The molecule has 0 bridgehead atoms. The second kappa shape index (κ2) is 6.29. The number of aliphatic carboxylic acids is 1. The van der Waals surface area contributed by atoms with Gasteiger partial charge in [0.15, 0.2) is 0 Å². The number of nitrogens with zero attached hydrogens (tertiary/aromatic N) is 1. The summed E-state index contributed by atoms with van der Waals surface area (Å²) in [5.74, 6) is -2.87. The van der Waals surface area contributed by atoms with Gasteiger partial charge in [-0.1, -0.05) is 17.7 Å². The van der Waals surface area contributed by atoms with Gasteiger partial charge in [0.2, 0.25) is 11.8 Å². The first-order chi connectivity index (χ1) is 11.7. The molecule has 1 saturated heterocycles. The average Bonchev–Trinajstić information content (AvgIpc) is 3.30. The second-order valence-corrected chi connectivity index (χ2v) is 7.14. The molecule has 0 spiro atoms. The zero-order valence-corrected chi connectivity index (χ0v) is 14.3. The molecular weight excluding hydrogens is 351 g/mol. The van der Waals surface area contributed by atoms with Crippen LogP contribution in [-0.2, 0) is 14.4 Å². The van der Waals surface area contributed by atoms with Crippen molar-refractivity contribution in [2.45, 2.75) is 25.3 Å². The number of carboxylic acid groups (broad SMARTS) is 1. The molecule has 2 aliphatic rings. The molecule has 1 heterocycles. The second-order valence-electron chi connectivity index (χ2n) is 6.74. The number of rotatable bonds is 5. The molecule has 6 nitrogen and oxygen atoms in total. The molecule has 25 heavy (non-hydrogen) atoms. The molecule has 2 atom stereocenters. The number of hydrogen-bond acceptors (Lipinski definition) is 3. The van der Waals surface area contributed by atoms with E-state index >= 15 is 0 Å². The minimum atomic E-state index is -0.927. The minimum absolute atomic E-state index is 0.00266. The van der Waals surface area contributed by atoms with E-state index in [1.807, 2.05) is 0 Å². The van der Waals surface area contributed by atoms with E-state index in [4.69, 9.17) is 11.6 Å². The summed E-state index contributed by atoms with van der Waals surface area (Å²) < 4.78 is 13.8. The van der Waals surface area contributed by atoms with Crippen molar-refractivity contribution >= 4 is 29.4 Å². The quantitative estimate of drug-likeness (QED) is 0.832. The predicted octanol–water partition coefficient (Wildman–Crippen LogP) is 1.98. The Morgan fingerprint density at radius 1 is 1.44 bits per heavy atom. The van der Waals surface area contributed by atoms with E-state index in [9.17, 15) is 23.9 Å². The van der Waals surface area contributed by atoms with Gasteiger partial charge < -0.3 is 15.3 Å². The van der Waals surface area contributed by atoms with Crippen molar-refractivity contribution in [2.75, 3.05) is 13.6 Å². The number of likely N-dealkylation sites (tertiary alicyclic amines) is 1. The van der Waals surface area contributed by atoms with Gasteiger partial charge in [-0.05, 0) is 30.5 Å². The lowest BCUT2D eigenvalue weighted by atomic mass is 9.92. The van der Waals surface area contributed by atoms with Gasteiger partial charge in [0.1, 0.15) is 5.82 Å². The lowest BCUT2D eigenvalue weighted by molar-refractivity contribution is -0.143. The van der Waals surface area contributed by atoms with Gasteiger partial charge in [0, 0.05) is 20.0 Å². The topological polar surface area (TPSA) is 86.7 Å². The molecule has 3 rings (SSSR count). The van der Waals surface area contributed by atoms with Crippen molar-refractivity contribution in [3.63, 3.8) is 0 Å². The Balaban J connectivity index is 1.78. The normalized spacial score (nSPS) is 24.3. The Bertz CT molecular complexity index is 750. The fourth-order valence-electron chi connectivity index (χ4n) is 3.26. The molecule has 2 N–H and O–H groups in total. The summed E-state index contributed by atoms with van der Waals surface area (Å²) in [5.41, 5.74) is -0.402. The monoisotopic (exact) mass is 368 g/mol. The summed E-state index contributed by atoms with van der Waals surface area (Å²) in [6.45, 7) is 0.0390. The first-order valence-electron chi connectivity index (χ1n) is 7.97. The Kier molecular flexibility index (Phi) is 4.45. The van der Waals surface area contributed by atoms with Crippen LogP contribution in [-0.4, -0.2) is 41.4 Å². The fraction of sp³-hybridized carbons (Fsp3) is 0.471. The number of benzene rings is 1. The third-order valence-electron chi connectivity index (χ3n) is 5.12. The summed E-state index contributed by atoms with van der Waals surface area (Å²) >= 11 is 5.70. The van der Waals surface area contributed by atoms with Crippen LogP contribution in [0.15, 0.2) is 18.2 Å². The van der Waals surface area contributed by atoms with Crippen molar-refractivity contribution in [1.29, 1.82) is 0 Å². The van der Waals surface area contributed by atoms with E-state index < -0.39 is 35.1 Å². The number of hydrogen-bond donors (Lipinski definition) is 2. The first-order valence-corrected chi connectivity index (χ1v) is 8.35. The van der Waals surface area contributed by atoms with Gasteiger partial charge in [-0.2, -0.15) is 0 Å². The fourth-order valence-corrected chi connectivity index (χ4v) is 3.38. The van der Waals surface area contributed by atoms with Crippen molar-refractivity contribution in [3.05, 3.63) is 34.6 Å². The van der Waals surface area contributed by atoms with E-state index in [0.29, 0.717) is 18.4 Å². The van der Waals surface area contributed by atoms with Crippen LogP contribution < -0.4 is 5.32 Å². The number of amides is 2. The molecule has 2 fully saturated rings. The van der Waals surface area contributed by atoms with Crippen molar-refractivity contribution in [1.82, 2.24) is 10.2 Å². The van der Waals surface area contributed by atoms with E-state index in [1.165, 1.54) is 17.0 Å². The molecule has 2 unspecified atom stereocenters. The summed E-state index contributed by atoms with van der Waals surface area (Å²) in [6, 6.07) is 3.59. The van der Waals surface area contributed by atoms with Crippen molar-refractivity contribution in [2.24, 2.45) is 11.3 Å². The summed E-state index contributed by atoms with van der Waals surface area (Å²) in [4.78, 5) is 37.3. The smallest absolute Gasteiger partial charge is 0.311 e. The Labute approximate surface area is 148 Å². The molecular formula is C17H18ClFN2O4. The predicted molar refractivity (Wildman–Crippen MR) is 87.3 cm³/mol.